The fraction of sp³-hybridized carbons (Fsp3) is 0.500. The van der Waals surface area contributed by atoms with E-state index in [9.17, 15) is 5.11 Å². The van der Waals surface area contributed by atoms with Crippen LogP contribution in [0.15, 0.2) is 17.1 Å². The van der Waals surface area contributed by atoms with Crippen LogP contribution in [-0.4, -0.2) is 11.3 Å². The molecular formula is C14H21NO. The number of aliphatic hydroxyl groups is 1. The number of aryl methyl sites for hydroxylation is 2. The summed E-state index contributed by atoms with van der Waals surface area (Å²) in [6, 6.07) is 4.06. The first kappa shape index (κ1) is 12.9. The minimum atomic E-state index is -0.392. The quantitative estimate of drug-likeness (QED) is 0.772. The van der Waals surface area contributed by atoms with E-state index in [1.54, 1.807) is 6.21 Å². The highest BCUT2D eigenvalue weighted by atomic mass is 16.3. The summed E-state index contributed by atoms with van der Waals surface area (Å²) in [6.45, 7) is 10.0. The molecule has 0 amide bonds. The molecular weight excluding hydrogens is 198 g/mol. The minimum Gasteiger partial charge on any atom is -0.388 e. The van der Waals surface area contributed by atoms with Crippen LogP contribution in [0.5, 0.6) is 0 Å². The molecule has 0 aliphatic rings. The normalized spacial score (nSPS) is 13.7. The molecule has 0 heterocycles. The van der Waals surface area contributed by atoms with Gasteiger partial charge in [0.2, 0.25) is 0 Å². The van der Waals surface area contributed by atoms with Gasteiger partial charge in [-0.25, -0.2) is 0 Å². The summed E-state index contributed by atoms with van der Waals surface area (Å²) >= 11 is 0. The first-order valence-electron chi connectivity index (χ1n) is 5.75. The number of rotatable bonds is 3. The standard InChI is InChI=1S/C14H21NO/c1-6-15-13-10(4)7-12(8-11(13)5)14(16)9(2)3/h6-9,14,16H,1-5H3. The summed E-state index contributed by atoms with van der Waals surface area (Å²) in [4.78, 5) is 4.34. The van der Waals surface area contributed by atoms with E-state index in [1.807, 2.05) is 46.8 Å². The molecule has 1 atom stereocenters. The molecule has 1 aromatic rings. The van der Waals surface area contributed by atoms with Crippen molar-refractivity contribution in [3.8, 4) is 0 Å². The largest absolute Gasteiger partial charge is 0.388 e. The fourth-order valence-corrected chi connectivity index (χ4v) is 1.88. The number of hydrogen-bond acceptors (Lipinski definition) is 2. The van der Waals surface area contributed by atoms with Crippen LogP contribution in [0.3, 0.4) is 0 Å². The molecule has 0 bridgehead atoms. The summed E-state index contributed by atoms with van der Waals surface area (Å²) in [7, 11) is 0. The van der Waals surface area contributed by atoms with Gasteiger partial charge >= 0.3 is 0 Å². The Morgan fingerprint density at radius 2 is 1.69 bits per heavy atom. The van der Waals surface area contributed by atoms with Gasteiger partial charge in [-0.2, -0.15) is 0 Å². The van der Waals surface area contributed by atoms with Crippen molar-refractivity contribution in [1.82, 2.24) is 0 Å². The second-order valence-electron chi connectivity index (χ2n) is 4.58. The molecule has 0 fully saturated rings. The van der Waals surface area contributed by atoms with E-state index in [0.717, 1.165) is 22.4 Å². The molecule has 2 heteroatoms. The molecule has 0 aliphatic carbocycles. The summed E-state index contributed by atoms with van der Waals surface area (Å²) in [6.07, 6.45) is 1.41. The maximum atomic E-state index is 10.0. The lowest BCUT2D eigenvalue weighted by atomic mass is 9.95. The van der Waals surface area contributed by atoms with Gasteiger partial charge in [0.25, 0.3) is 0 Å². The highest BCUT2D eigenvalue weighted by molar-refractivity contribution is 5.65. The average Bonchev–Trinajstić information content (AvgIpc) is 2.21. The van der Waals surface area contributed by atoms with Gasteiger partial charge in [0.1, 0.15) is 0 Å². The van der Waals surface area contributed by atoms with Crippen molar-refractivity contribution in [1.29, 1.82) is 0 Å². The van der Waals surface area contributed by atoms with Crippen LogP contribution in [-0.2, 0) is 0 Å². The molecule has 1 unspecified atom stereocenters. The first-order valence-corrected chi connectivity index (χ1v) is 5.75. The van der Waals surface area contributed by atoms with Gasteiger partial charge in [-0.1, -0.05) is 26.0 Å². The molecule has 88 valence electrons. The van der Waals surface area contributed by atoms with E-state index in [-0.39, 0.29) is 5.92 Å². The van der Waals surface area contributed by atoms with Gasteiger partial charge in [-0.15, -0.1) is 0 Å². The SMILES string of the molecule is CC=Nc1c(C)cc(C(O)C(C)C)cc1C. The molecule has 0 aliphatic heterocycles. The third-order valence-electron chi connectivity index (χ3n) is 2.74. The van der Waals surface area contributed by atoms with Crippen molar-refractivity contribution in [3.63, 3.8) is 0 Å². The van der Waals surface area contributed by atoms with Crippen LogP contribution in [0.4, 0.5) is 5.69 Å². The highest BCUT2D eigenvalue weighted by Gasteiger charge is 2.14. The number of hydrogen-bond donors (Lipinski definition) is 1. The van der Waals surface area contributed by atoms with E-state index in [1.165, 1.54) is 0 Å². The van der Waals surface area contributed by atoms with E-state index < -0.39 is 6.10 Å². The molecule has 0 saturated carbocycles. The van der Waals surface area contributed by atoms with Crippen molar-refractivity contribution in [2.45, 2.75) is 40.7 Å². The fourth-order valence-electron chi connectivity index (χ4n) is 1.88. The van der Waals surface area contributed by atoms with E-state index in [4.69, 9.17) is 0 Å². The summed E-state index contributed by atoms with van der Waals surface area (Å²) in [5, 5.41) is 10.0. The van der Waals surface area contributed by atoms with Crippen LogP contribution in [0.1, 0.15) is 43.6 Å². The summed E-state index contributed by atoms with van der Waals surface area (Å²) in [5.74, 6) is 0.235. The summed E-state index contributed by atoms with van der Waals surface area (Å²) < 4.78 is 0. The second-order valence-corrected chi connectivity index (χ2v) is 4.58. The van der Waals surface area contributed by atoms with Crippen molar-refractivity contribution < 1.29 is 5.11 Å². The highest BCUT2D eigenvalue weighted by Crippen LogP contribution is 2.30. The maximum absolute atomic E-state index is 10.0. The molecule has 0 radical (unpaired) electrons. The lowest BCUT2D eigenvalue weighted by Crippen LogP contribution is -2.06. The Morgan fingerprint density at radius 1 is 1.19 bits per heavy atom. The Balaban J connectivity index is 3.19. The van der Waals surface area contributed by atoms with Crippen LogP contribution < -0.4 is 0 Å². The van der Waals surface area contributed by atoms with Crippen molar-refractivity contribution >= 4 is 11.9 Å². The average molecular weight is 219 g/mol. The third kappa shape index (κ3) is 2.70. The molecule has 0 aromatic heterocycles. The van der Waals surface area contributed by atoms with Gasteiger partial charge in [0.15, 0.2) is 0 Å². The minimum absolute atomic E-state index is 0.235. The van der Waals surface area contributed by atoms with Crippen LogP contribution in [0.2, 0.25) is 0 Å². The topological polar surface area (TPSA) is 32.6 Å². The van der Waals surface area contributed by atoms with Crippen LogP contribution >= 0.6 is 0 Å². The molecule has 2 nitrogen and oxygen atoms in total. The zero-order chi connectivity index (χ0) is 12.3. The molecule has 0 spiro atoms. The number of aliphatic hydroxyl groups excluding tert-OH is 1. The second kappa shape index (κ2) is 5.26. The molecule has 1 aromatic carbocycles. The Hall–Kier alpha value is -1.15. The van der Waals surface area contributed by atoms with Crippen molar-refractivity contribution in [2.24, 2.45) is 10.9 Å². The monoisotopic (exact) mass is 219 g/mol. The van der Waals surface area contributed by atoms with E-state index >= 15 is 0 Å². The van der Waals surface area contributed by atoms with E-state index in [0.29, 0.717) is 0 Å². The predicted molar refractivity (Wildman–Crippen MR) is 69.5 cm³/mol. The van der Waals surface area contributed by atoms with Gasteiger partial charge < -0.3 is 5.11 Å². The summed E-state index contributed by atoms with van der Waals surface area (Å²) in [5.41, 5.74) is 4.24. The van der Waals surface area contributed by atoms with E-state index in [2.05, 4.69) is 4.99 Å². The number of aliphatic imine (C=N–C) groups is 1. The zero-order valence-corrected chi connectivity index (χ0v) is 10.8. The first-order chi connectivity index (χ1) is 7.47. The van der Waals surface area contributed by atoms with Gasteiger partial charge in [0.05, 0.1) is 11.8 Å². The molecule has 0 saturated heterocycles. The Morgan fingerprint density at radius 3 is 2.06 bits per heavy atom. The van der Waals surface area contributed by atoms with Crippen molar-refractivity contribution in [3.05, 3.63) is 28.8 Å². The van der Waals surface area contributed by atoms with Gasteiger partial charge in [-0.3, -0.25) is 4.99 Å². The number of benzene rings is 1. The van der Waals surface area contributed by atoms with Crippen molar-refractivity contribution in [2.75, 3.05) is 0 Å². The zero-order valence-electron chi connectivity index (χ0n) is 10.8. The Labute approximate surface area is 98.0 Å². The Kier molecular flexibility index (Phi) is 4.25. The third-order valence-corrected chi connectivity index (χ3v) is 2.74. The lowest BCUT2D eigenvalue weighted by molar-refractivity contribution is 0.127. The van der Waals surface area contributed by atoms with Crippen LogP contribution in [0.25, 0.3) is 0 Å². The molecule has 1 N–H and O–H groups in total. The molecule has 16 heavy (non-hydrogen) atoms. The van der Waals surface area contributed by atoms with Crippen LogP contribution in [0, 0.1) is 19.8 Å². The smallest absolute Gasteiger partial charge is 0.0813 e. The van der Waals surface area contributed by atoms with Gasteiger partial charge in [-0.05, 0) is 43.4 Å². The number of nitrogens with zero attached hydrogens (tertiary/aromatic N) is 1. The maximum Gasteiger partial charge on any atom is 0.0813 e. The predicted octanol–water partition coefficient (Wildman–Crippen LogP) is 3.72. The van der Waals surface area contributed by atoms with Gasteiger partial charge in [0, 0.05) is 6.21 Å². The molecule has 1 rings (SSSR count). The lowest BCUT2D eigenvalue weighted by Gasteiger charge is -2.17. The Bertz CT molecular complexity index is 371.